The van der Waals surface area contributed by atoms with Crippen LogP contribution in [0.4, 0.5) is 0 Å². The Labute approximate surface area is 124 Å². The van der Waals surface area contributed by atoms with Crippen molar-refractivity contribution in [2.45, 2.75) is 39.0 Å². The molecule has 0 bridgehead atoms. The van der Waals surface area contributed by atoms with Gasteiger partial charge in [0.05, 0.1) is 0 Å². The molecule has 2 aromatic rings. The van der Waals surface area contributed by atoms with Gasteiger partial charge >= 0.3 is 0 Å². The summed E-state index contributed by atoms with van der Waals surface area (Å²) in [5.41, 5.74) is 0.595. The van der Waals surface area contributed by atoms with Gasteiger partial charge in [0.25, 0.3) is 0 Å². The molecule has 3 N–H and O–H groups in total. The molecule has 0 fully saturated rings. The van der Waals surface area contributed by atoms with E-state index in [2.05, 4.69) is 5.32 Å². The van der Waals surface area contributed by atoms with Gasteiger partial charge in [-0.05, 0) is 19.1 Å². The molecule has 0 saturated carbocycles. The third kappa shape index (κ3) is 4.20. The third-order valence-electron chi connectivity index (χ3n) is 3.13. The fourth-order valence-electron chi connectivity index (χ4n) is 1.99. The van der Waals surface area contributed by atoms with Crippen LogP contribution in [-0.2, 0) is 0 Å². The molecule has 116 valence electrons. The molecule has 1 aromatic heterocycles. The van der Waals surface area contributed by atoms with E-state index >= 15 is 0 Å². The first-order chi connectivity index (χ1) is 9.97. The molecule has 5 nitrogen and oxygen atoms in total. The van der Waals surface area contributed by atoms with Crippen molar-refractivity contribution in [3.8, 4) is 5.75 Å². The molecule has 1 aromatic carbocycles. The Morgan fingerprint density at radius 1 is 1.24 bits per heavy atom. The second kappa shape index (κ2) is 6.93. The first-order valence-electron chi connectivity index (χ1n) is 7.22. The van der Waals surface area contributed by atoms with E-state index in [0.717, 1.165) is 5.39 Å². The molecule has 0 spiro atoms. The highest BCUT2D eigenvalue weighted by atomic mass is 16.5. The van der Waals surface area contributed by atoms with Crippen molar-refractivity contribution in [1.82, 2.24) is 5.32 Å². The number of para-hydroxylation sites is 1. The SMILES string of the molecule is CC(C)NC[C@@H](O)COc1cccc2cc([C@H](C)O)oc12. The molecule has 0 saturated heterocycles. The topological polar surface area (TPSA) is 74.9 Å². The molecule has 0 unspecified atom stereocenters. The number of hydrogen-bond acceptors (Lipinski definition) is 5. The monoisotopic (exact) mass is 293 g/mol. The van der Waals surface area contributed by atoms with Crippen LogP contribution in [0.2, 0.25) is 0 Å². The van der Waals surface area contributed by atoms with E-state index in [9.17, 15) is 10.2 Å². The lowest BCUT2D eigenvalue weighted by molar-refractivity contribution is 0.104. The molecule has 0 aliphatic rings. The number of aliphatic hydroxyl groups excluding tert-OH is 2. The maximum atomic E-state index is 9.87. The summed E-state index contributed by atoms with van der Waals surface area (Å²) in [4.78, 5) is 0. The fourth-order valence-corrected chi connectivity index (χ4v) is 1.99. The smallest absolute Gasteiger partial charge is 0.176 e. The molecule has 0 aliphatic heterocycles. The molecular weight excluding hydrogens is 270 g/mol. The van der Waals surface area contributed by atoms with Crippen LogP contribution in [0.25, 0.3) is 11.0 Å². The molecule has 0 aliphatic carbocycles. The molecule has 1 heterocycles. The van der Waals surface area contributed by atoms with Gasteiger partial charge in [-0.2, -0.15) is 0 Å². The van der Waals surface area contributed by atoms with Crippen molar-refractivity contribution >= 4 is 11.0 Å². The Hall–Kier alpha value is -1.56. The Balaban J connectivity index is 2.04. The van der Waals surface area contributed by atoms with Crippen LogP contribution in [0, 0.1) is 0 Å². The van der Waals surface area contributed by atoms with E-state index in [4.69, 9.17) is 9.15 Å². The number of furan rings is 1. The number of benzene rings is 1. The minimum atomic E-state index is -0.661. The van der Waals surface area contributed by atoms with Gasteiger partial charge in [0.1, 0.15) is 24.6 Å². The van der Waals surface area contributed by atoms with Crippen LogP contribution in [0.3, 0.4) is 0 Å². The molecule has 2 rings (SSSR count). The lowest BCUT2D eigenvalue weighted by Gasteiger charge is -2.15. The van der Waals surface area contributed by atoms with E-state index in [1.165, 1.54) is 0 Å². The van der Waals surface area contributed by atoms with Crippen molar-refractivity contribution in [3.63, 3.8) is 0 Å². The van der Waals surface area contributed by atoms with E-state index < -0.39 is 12.2 Å². The predicted octanol–water partition coefficient (Wildman–Crippen LogP) is 2.22. The van der Waals surface area contributed by atoms with E-state index in [1.54, 1.807) is 19.1 Å². The quantitative estimate of drug-likeness (QED) is 0.730. The second-order valence-electron chi connectivity index (χ2n) is 5.53. The van der Waals surface area contributed by atoms with Crippen LogP contribution < -0.4 is 10.1 Å². The molecule has 2 atom stereocenters. The highest BCUT2D eigenvalue weighted by Gasteiger charge is 2.13. The van der Waals surface area contributed by atoms with E-state index in [0.29, 0.717) is 29.7 Å². The summed E-state index contributed by atoms with van der Waals surface area (Å²) in [5, 5.41) is 23.5. The molecule has 0 amide bonds. The van der Waals surface area contributed by atoms with E-state index in [-0.39, 0.29) is 6.61 Å². The summed E-state index contributed by atoms with van der Waals surface area (Å²) in [6.07, 6.45) is -1.25. The van der Waals surface area contributed by atoms with E-state index in [1.807, 2.05) is 26.0 Å². The molecule has 5 heteroatoms. The van der Waals surface area contributed by atoms with Crippen molar-refractivity contribution in [2.75, 3.05) is 13.2 Å². The highest BCUT2D eigenvalue weighted by Crippen LogP contribution is 2.31. The fraction of sp³-hybridized carbons (Fsp3) is 0.500. The largest absolute Gasteiger partial charge is 0.487 e. The van der Waals surface area contributed by atoms with Crippen molar-refractivity contribution in [1.29, 1.82) is 0 Å². The zero-order valence-corrected chi connectivity index (χ0v) is 12.7. The molecular formula is C16H23NO4. The van der Waals surface area contributed by atoms with Gasteiger partial charge in [-0.3, -0.25) is 0 Å². The zero-order valence-electron chi connectivity index (χ0n) is 12.7. The minimum absolute atomic E-state index is 0.184. The summed E-state index contributed by atoms with van der Waals surface area (Å²) in [7, 11) is 0. The van der Waals surface area contributed by atoms with Gasteiger partial charge in [-0.25, -0.2) is 0 Å². The highest BCUT2D eigenvalue weighted by molar-refractivity contribution is 5.83. The normalized spacial score (nSPS) is 14.6. The number of rotatable bonds is 7. The summed E-state index contributed by atoms with van der Waals surface area (Å²) in [6.45, 7) is 6.36. The van der Waals surface area contributed by atoms with Crippen LogP contribution >= 0.6 is 0 Å². The Kier molecular flexibility index (Phi) is 5.22. The van der Waals surface area contributed by atoms with Crippen LogP contribution in [-0.4, -0.2) is 35.5 Å². The average molecular weight is 293 g/mol. The maximum Gasteiger partial charge on any atom is 0.176 e. The Bertz CT molecular complexity index is 577. The maximum absolute atomic E-state index is 9.87. The number of aliphatic hydroxyl groups is 2. The van der Waals surface area contributed by atoms with Crippen molar-refractivity contribution in [2.24, 2.45) is 0 Å². The first kappa shape index (κ1) is 15.8. The van der Waals surface area contributed by atoms with Gasteiger partial charge in [0.15, 0.2) is 11.3 Å². The number of hydrogen-bond donors (Lipinski definition) is 3. The Morgan fingerprint density at radius 3 is 2.67 bits per heavy atom. The van der Waals surface area contributed by atoms with Crippen LogP contribution in [0.5, 0.6) is 5.75 Å². The second-order valence-corrected chi connectivity index (χ2v) is 5.53. The standard InChI is InChI=1S/C16H23NO4/c1-10(2)17-8-13(19)9-20-14-6-4-5-12-7-15(11(3)18)21-16(12)14/h4-7,10-11,13,17-19H,8-9H2,1-3H3/t11-,13+/m0/s1. The average Bonchev–Trinajstić information content (AvgIpc) is 2.87. The summed E-state index contributed by atoms with van der Waals surface area (Å²) >= 11 is 0. The predicted molar refractivity (Wildman–Crippen MR) is 81.5 cm³/mol. The number of nitrogens with one attached hydrogen (secondary N) is 1. The molecule has 0 radical (unpaired) electrons. The number of ether oxygens (including phenoxy) is 1. The Morgan fingerprint density at radius 2 is 2.00 bits per heavy atom. The summed E-state index contributed by atoms with van der Waals surface area (Å²) in [5.74, 6) is 1.08. The lowest BCUT2D eigenvalue weighted by atomic mass is 10.2. The van der Waals surface area contributed by atoms with Crippen molar-refractivity contribution < 1.29 is 19.4 Å². The van der Waals surface area contributed by atoms with Crippen LogP contribution in [0.15, 0.2) is 28.7 Å². The van der Waals surface area contributed by atoms with Gasteiger partial charge in [0.2, 0.25) is 0 Å². The summed E-state index contributed by atoms with van der Waals surface area (Å²) < 4.78 is 11.3. The van der Waals surface area contributed by atoms with Gasteiger partial charge < -0.3 is 24.7 Å². The van der Waals surface area contributed by atoms with Crippen LogP contribution in [0.1, 0.15) is 32.6 Å². The zero-order chi connectivity index (χ0) is 15.4. The lowest BCUT2D eigenvalue weighted by Crippen LogP contribution is -2.35. The number of fused-ring (bicyclic) bond motifs is 1. The molecule has 21 heavy (non-hydrogen) atoms. The van der Waals surface area contributed by atoms with Gasteiger partial charge in [-0.15, -0.1) is 0 Å². The minimum Gasteiger partial charge on any atom is -0.487 e. The van der Waals surface area contributed by atoms with Gasteiger partial charge in [0, 0.05) is 18.0 Å². The summed E-state index contributed by atoms with van der Waals surface area (Å²) in [6, 6.07) is 7.66. The third-order valence-corrected chi connectivity index (χ3v) is 3.13. The van der Waals surface area contributed by atoms with Crippen molar-refractivity contribution in [3.05, 3.63) is 30.0 Å². The van der Waals surface area contributed by atoms with Gasteiger partial charge in [-0.1, -0.05) is 26.0 Å². The first-order valence-corrected chi connectivity index (χ1v) is 7.22.